The number of aliphatic hydroxyl groups excluding tert-OH is 2. The fourth-order valence-corrected chi connectivity index (χ4v) is 4.20. The van der Waals surface area contributed by atoms with Crippen LogP contribution in [0.4, 0.5) is 13.2 Å². The molecule has 0 radical (unpaired) electrons. The minimum absolute atomic E-state index is 0.112. The summed E-state index contributed by atoms with van der Waals surface area (Å²) in [5, 5.41) is 27.8. The normalized spacial score (nSPS) is 15.8. The number of alkyl halides is 3. The van der Waals surface area contributed by atoms with Crippen molar-refractivity contribution in [1.82, 2.24) is 4.98 Å². The van der Waals surface area contributed by atoms with Gasteiger partial charge in [-0.1, -0.05) is 19.9 Å². The molecule has 0 amide bonds. The Balaban J connectivity index is 1.92. The second-order valence-corrected chi connectivity index (χ2v) is 8.20. The van der Waals surface area contributed by atoms with Gasteiger partial charge in [-0.25, -0.2) is 0 Å². The van der Waals surface area contributed by atoms with Gasteiger partial charge in [-0.05, 0) is 29.8 Å². The Bertz CT molecular complexity index is 1290. The van der Waals surface area contributed by atoms with E-state index in [0.717, 1.165) is 6.07 Å². The number of halogens is 3. The van der Waals surface area contributed by atoms with Crippen molar-refractivity contribution >= 4 is 16.7 Å². The molecule has 1 aliphatic carbocycles. The minimum Gasteiger partial charge on any atom is -0.491 e. The van der Waals surface area contributed by atoms with Crippen LogP contribution < -0.4 is 4.74 Å². The predicted molar refractivity (Wildman–Crippen MR) is 109 cm³/mol. The van der Waals surface area contributed by atoms with Gasteiger partial charge in [-0.15, -0.1) is 0 Å². The van der Waals surface area contributed by atoms with Crippen LogP contribution in [0.1, 0.15) is 52.2 Å². The molecule has 3 aromatic rings. The number of aromatic amines is 1. The van der Waals surface area contributed by atoms with Gasteiger partial charge >= 0.3 is 6.18 Å². The number of ketones is 1. The molecular formula is C23H19F3N2O4. The third kappa shape index (κ3) is 3.23. The van der Waals surface area contributed by atoms with Gasteiger partial charge in [-0.2, -0.15) is 18.4 Å². The first-order valence-electron chi connectivity index (χ1n) is 9.78. The van der Waals surface area contributed by atoms with E-state index < -0.39 is 41.2 Å². The molecule has 9 heteroatoms. The molecule has 1 heterocycles. The maximum Gasteiger partial charge on any atom is 0.419 e. The number of aliphatic hydroxyl groups is 2. The Morgan fingerprint density at radius 1 is 1.25 bits per heavy atom. The third-order valence-corrected chi connectivity index (χ3v) is 5.79. The first kappa shape index (κ1) is 21.9. The molecule has 0 saturated heterocycles. The maximum absolute atomic E-state index is 13.8. The molecular weight excluding hydrogens is 425 g/mol. The van der Waals surface area contributed by atoms with E-state index in [-0.39, 0.29) is 23.1 Å². The highest BCUT2D eigenvalue weighted by atomic mass is 19.4. The lowest BCUT2D eigenvalue weighted by Crippen LogP contribution is -2.30. The molecule has 6 nitrogen and oxygen atoms in total. The highest BCUT2D eigenvalue weighted by molar-refractivity contribution is 6.20. The monoisotopic (exact) mass is 444 g/mol. The van der Waals surface area contributed by atoms with Gasteiger partial charge in [-0.3, -0.25) is 4.79 Å². The molecule has 0 saturated carbocycles. The van der Waals surface area contributed by atoms with Crippen molar-refractivity contribution in [2.24, 2.45) is 0 Å². The van der Waals surface area contributed by atoms with Gasteiger partial charge in [0.15, 0.2) is 5.78 Å². The van der Waals surface area contributed by atoms with Gasteiger partial charge in [0.2, 0.25) is 0 Å². The van der Waals surface area contributed by atoms with Crippen molar-refractivity contribution in [2.45, 2.75) is 31.5 Å². The lowest BCUT2D eigenvalue weighted by molar-refractivity contribution is -0.136. The summed E-state index contributed by atoms with van der Waals surface area (Å²) in [5.74, 6) is -0.0835. The van der Waals surface area contributed by atoms with E-state index in [4.69, 9.17) is 9.84 Å². The van der Waals surface area contributed by atoms with Crippen LogP contribution in [-0.2, 0) is 11.6 Å². The molecule has 2 aromatic carbocycles. The molecule has 32 heavy (non-hydrogen) atoms. The van der Waals surface area contributed by atoms with Crippen molar-refractivity contribution in [3.05, 3.63) is 63.8 Å². The second-order valence-electron chi connectivity index (χ2n) is 8.20. The zero-order chi connectivity index (χ0) is 23.4. The van der Waals surface area contributed by atoms with E-state index >= 15 is 0 Å². The van der Waals surface area contributed by atoms with Crippen LogP contribution in [0.15, 0.2) is 30.3 Å². The van der Waals surface area contributed by atoms with Crippen molar-refractivity contribution in [3.63, 3.8) is 0 Å². The molecule has 1 aliphatic rings. The van der Waals surface area contributed by atoms with E-state index in [1.165, 1.54) is 18.2 Å². The number of benzene rings is 2. The fraction of sp³-hybridized carbons (Fsp3) is 0.304. The number of hydrogen-bond donors (Lipinski definition) is 3. The van der Waals surface area contributed by atoms with E-state index in [1.54, 1.807) is 26.0 Å². The van der Waals surface area contributed by atoms with Gasteiger partial charge in [0, 0.05) is 22.1 Å². The topological polar surface area (TPSA) is 106 Å². The smallest absolute Gasteiger partial charge is 0.419 e. The quantitative estimate of drug-likeness (QED) is 0.570. The standard InChI is InChI=1S/C23H19F3N2O4/c1-22(2)16-7-13(32-10-12(30)9-29)4-6-14(16)20(31)17-15-5-3-11(8-27)18(23(24,25)26)19(15)28-21(17)22/h3-7,12,28-30H,9-10H2,1-2H3/t12-/m1/s1. The van der Waals surface area contributed by atoms with E-state index in [0.29, 0.717) is 22.6 Å². The second kappa shape index (κ2) is 7.36. The minimum atomic E-state index is -4.79. The summed E-state index contributed by atoms with van der Waals surface area (Å²) in [6.45, 7) is 2.92. The number of H-pyrrole nitrogens is 1. The Morgan fingerprint density at radius 3 is 2.59 bits per heavy atom. The highest BCUT2D eigenvalue weighted by Gasteiger charge is 2.43. The van der Waals surface area contributed by atoms with Gasteiger partial charge < -0.3 is 19.9 Å². The van der Waals surface area contributed by atoms with Gasteiger partial charge in [0.25, 0.3) is 0 Å². The molecule has 4 rings (SSSR count). The lowest BCUT2D eigenvalue weighted by atomic mass is 9.71. The Hall–Kier alpha value is -3.35. The molecule has 1 atom stereocenters. The van der Waals surface area contributed by atoms with Crippen LogP contribution >= 0.6 is 0 Å². The zero-order valence-corrected chi connectivity index (χ0v) is 17.2. The van der Waals surface area contributed by atoms with Crippen molar-refractivity contribution in [2.75, 3.05) is 13.2 Å². The predicted octanol–water partition coefficient (Wildman–Crippen LogP) is 3.66. The third-order valence-electron chi connectivity index (χ3n) is 5.79. The number of nitrogens with zero attached hydrogens (tertiary/aromatic N) is 1. The van der Waals surface area contributed by atoms with Crippen LogP contribution in [0.2, 0.25) is 0 Å². The number of ether oxygens (including phenoxy) is 1. The van der Waals surface area contributed by atoms with Crippen LogP contribution in [0.5, 0.6) is 5.75 Å². The molecule has 1 aromatic heterocycles. The average Bonchev–Trinajstić information content (AvgIpc) is 3.15. The number of carbonyl (C=O) groups is 1. The first-order chi connectivity index (χ1) is 15.0. The Labute approximate surface area is 180 Å². The van der Waals surface area contributed by atoms with Crippen LogP contribution in [0, 0.1) is 11.3 Å². The van der Waals surface area contributed by atoms with Crippen molar-refractivity contribution < 1.29 is 32.9 Å². The molecule has 3 N–H and O–H groups in total. The molecule has 0 bridgehead atoms. The summed E-state index contributed by atoms with van der Waals surface area (Å²) in [7, 11) is 0. The Kier molecular flexibility index (Phi) is 5.03. The first-order valence-corrected chi connectivity index (χ1v) is 9.78. The van der Waals surface area contributed by atoms with Crippen molar-refractivity contribution in [1.29, 1.82) is 5.26 Å². The summed E-state index contributed by atoms with van der Waals surface area (Å²) in [6, 6.07) is 8.71. The molecule has 0 aliphatic heterocycles. The fourth-order valence-electron chi connectivity index (χ4n) is 4.20. The van der Waals surface area contributed by atoms with Crippen LogP contribution in [-0.4, -0.2) is 40.3 Å². The summed E-state index contributed by atoms with van der Waals surface area (Å²) >= 11 is 0. The molecule has 0 spiro atoms. The van der Waals surface area contributed by atoms with Crippen molar-refractivity contribution in [3.8, 4) is 11.8 Å². The number of rotatable bonds is 4. The zero-order valence-electron chi connectivity index (χ0n) is 17.2. The van der Waals surface area contributed by atoms with E-state index in [2.05, 4.69) is 4.98 Å². The number of carbonyl (C=O) groups excluding carboxylic acids is 1. The number of aromatic nitrogens is 1. The molecule has 0 unspecified atom stereocenters. The number of nitriles is 1. The van der Waals surface area contributed by atoms with E-state index in [1.807, 2.05) is 0 Å². The summed E-state index contributed by atoms with van der Waals surface area (Å²) in [4.78, 5) is 16.1. The number of fused-ring (bicyclic) bond motifs is 4. The van der Waals surface area contributed by atoms with Crippen LogP contribution in [0.3, 0.4) is 0 Å². The largest absolute Gasteiger partial charge is 0.491 e. The van der Waals surface area contributed by atoms with Crippen LogP contribution in [0.25, 0.3) is 10.9 Å². The SMILES string of the molecule is CC1(C)c2cc(OC[C@H](O)CO)ccc2C(=O)c2c1[nH]c1c(C(F)(F)F)c(C#N)ccc21. The van der Waals surface area contributed by atoms with Gasteiger partial charge in [0.1, 0.15) is 18.5 Å². The average molecular weight is 444 g/mol. The molecule has 0 fully saturated rings. The van der Waals surface area contributed by atoms with E-state index in [9.17, 15) is 28.3 Å². The number of nitrogens with one attached hydrogen (secondary N) is 1. The van der Waals surface area contributed by atoms with Gasteiger partial charge in [0.05, 0.1) is 34.9 Å². The summed E-state index contributed by atoms with van der Waals surface area (Å²) in [5.41, 5.74) is -1.45. The number of hydrogen-bond acceptors (Lipinski definition) is 5. The summed E-state index contributed by atoms with van der Waals surface area (Å²) in [6.07, 6.45) is -5.86. The maximum atomic E-state index is 13.8. The molecule has 166 valence electrons. The Morgan fingerprint density at radius 2 is 1.97 bits per heavy atom. The summed E-state index contributed by atoms with van der Waals surface area (Å²) < 4.78 is 46.9. The lowest BCUT2D eigenvalue weighted by Gasteiger charge is -2.32. The highest BCUT2D eigenvalue weighted by Crippen LogP contribution is 2.47.